The van der Waals surface area contributed by atoms with Crippen LogP contribution in [0.4, 0.5) is 0 Å². The van der Waals surface area contributed by atoms with Gasteiger partial charge in [0.25, 0.3) is 0 Å². The summed E-state index contributed by atoms with van der Waals surface area (Å²) in [5.41, 5.74) is 3.98. The van der Waals surface area contributed by atoms with E-state index < -0.39 is 12.1 Å². The van der Waals surface area contributed by atoms with E-state index >= 15 is 0 Å². The van der Waals surface area contributed by atoms with Crippen LogP contribution in [-0.4, -0.2) is 34.3 Å². The van der Waals surface area contributed by atoms with Crippen LogP contribution < -0.4 is 10.1 Å². The lowest BCUT2D eigenvalue weighted by Crippen LogP contribution is -2.23. The minimum Gasteiger partial charge on any atom is -0.478 e. The number of aliphatic hydroxyl groups is 1. The zero-order chi connectivity index (χ0) is 23.8. The molecule has 0 aliphatic rings. The largest absolute Gasteiger partial charge is 0.478 e. The van der Waals surface area contributed by atoms with Crippen molar-refractivity contribution in [3.63, 3.8) is 0 Å². The monoisotopic (exact) mass is 454 g/mol. The topological polar surface area (TPSA) is 91.7 Å². The van der Waals surface area contributed by atoms with Gasteiger partial charge < -0.3 is 20.3 Å². The van der Waals surface area contributed by atoms with Gasteiger partial charge in [0, 0.05) is 12.7 Å². The number of carboxylic acids is 1. The third kappa shape index (κ3) is 6.07. The van der Waals surface area contributed by atoms with E-state index in [0.29, 0.717) is 12.3 Å². The number of hydrogen-bond donors (Lipinski definition) is 3. The molecule has 0 saturated carbocycles. The third-order valence-electron chi connectivity index (χ3n) is 5.47. The number of benzene rings is 3. The Bertz CT molecular complexity index is 1210. The van der Waals surface area contributed by atoms with Gasteiger partial charge in [0.05, 0.1) is 12.3 Å². The number of aliphatic hydroxyl groups excluding tert-OH is 1. The fraction of sp³-hybridized carbons (Fsp3) is 0.143. The summed E-state index contributed by atoms with van der Waals surface area (Å²) >= 11 is 0. The van der Waals surface area contributed by atoms with Crippen molar-refractivity contribution in [1.29, 1.82) is 0 Å². The molecule has 3 N–H and O–H groups in total. The molecular formula is C28H26N2O4. The summed E-state index contributed by atoms with van der Waals surface area (Å²) in [4.78, 5) is 15.6. The summed E-state index contributed by atoms with van der Waals surface area (Å²) in [7, 11) is 0. The predicted octanol–water partition coefficient (Wildman–Crippen LogP) is 5.10. The molecule has 0 aliphatic heterocycles. The van der Waals surface area contributed by atoms with E-state index in [0.717, 1.165) is 29.7 Å². The molecule has 0 aliphatic carbocycles. The lowest BCUT2D eigenvalue weighted by atomic mass is 10.0. The first-order valence-corrected chi connectivity index (χ1v) is 11.1. The van der Waals surface area contributed by atoms with Crippen LogP contribution in [0.5, 0.6) is 11.5 Å². The third-order valence-corrected chi connectivity index (χ3v) is 5.47. The van der Waals surface area contributed by atoms with Crippen LogP contribution in [0.15, 0.2) is 97.3 Å². The summed E-state index contributed by atoms with van der Waals surface area (Å²) in [6.45, 7) is 1.25. The first-order valence-electron chi connectivity index (χ1n) is 11.1. The lowest BCUT2D eigenvalue weighted by Gasteiger charge is -2.13. The van der Waals surface area contributed by atoms with E-state index in [2.05, 4.69) is 22.4 Å². The molecule has 0 bridgehead atoms. The predicted molar refractivity (Wildman–Crippen MR) is 131 cm³/mol. The Morgan fingerprint density at radius 2 is 1.71 bits per heavy atom. The Labute approximate surface area is 198 Å². The smallest absolute Gasteiger partial charge is 0.339 e. The maximum Gasteiger partial charge on any atom is 0.339 e. The van der Waals surface area contributed by atoms with Gasteiger partial charge in [-0.3, -0.25) is 4.98 Å². The summed E-state index contributed by atoms with van der Waals surface area (Å²) in [6, 6.07) is 26.3. The number of hydrogen-bond acceptors (Lipinski definition) is 5. The van der Waals surface area contributed by atoms with Crippen molar-refractivity contribution in [2.45, 2.75) is 12.5 Å². The van der Waals surface area contributed by atoms with Gasteiger partial charge in [-0.25, -0.2) is 4.79 Å². The highest BCUT2D eigenvalue weighted by atomic mass is 16.5. The molecule has 0 saturated heterocycles. The summed E-state index contributed by atoms with van der Waals surface area (Å²) in [5.74, 6) is -0.309. The molecule has 0 radical (unpaired) electrons. The van der Waals surface area contributed by atoms with E-state index in [1.165, 1.54) is 5.56 Å². The Morgan fingerprint density at radius 1 is 0.941 bits per heavy atom. The molecule has 0 spiro atoms. The van der Waals surface area contributed by atoms with Crippen molar-refractivity contribution < 1.29 is 19.7 Å². The first kappa shape index (κ1) is 23.2. The number of aromatic carboxylic acids is 1. The molecule has 0 fully saturated rings. The second-order valence-corrected chi connectivity index (χ2v) is 7.88. The summed E-state index contributed by atoms with van der Waals surface area (Å²) in [5, 5.41) is 23.1. The highest BCUT2D eigenvalue weighted by Gasteiger charge is 2.14. The van der Waals surface area contributed by atoms with Crippen LogP contribution in [0, 0.1) is 0 Å². The second-order valence-electron chi connectivity index (χ2n) is 7.88. The lowest BCUT2D eigenvalue weighted by molar-refractivity contribution is 0.0694. The van der Waals surface area contributed by atoms with E-state index in [1.807, 2.05) is 42.5 Å². The SMILES string of the molecule is O=C(O)c1ccc(-c2ccc(CCNC[C@@H](O)c3ccccc3)cc2)cc1Oc1cccnc1. The van der Waals surface area contributed by atoms with E-state index in [-0.39, 0.29) is 11.3 Å². The van der Waals surface area contributed by atoms with Crippen molar-refractivity contribution in [1.82, 2.24) is 10.3 Å². The zero-order valence-corrected chi connectivity index (χ0v) is 18.6. The number of nitrogens with one attached hydrogen (secondary N) is 1. The number of carboxylic acid groups (broad SMARTS) is 1. The minimum absolute atomic E-state index is 0.0907. The second kappa shape index (κ2) is 11.2. The summed E-state index contributed by atoms with van der Waals surface area (Å²) in [6.07, 6.45) is 3.47. The maximum absolute atomic E-state index is 11.6. The highest BCUT2D eigenvalue weighted by molar-refractivity contribution is 5.92. The Morgan fingerprint density at radius 3 is 2.41 bits per heavy atom. The van der Waals surface area contributed by atoms with Gasteiger partial charge in [-0.15, -0.1) is 0 Å². The van der Waals surface area contributed by atoms with Crippen molar-refractivity contribution in [2.75, 3.05) is 13.1 Å². The van der Waals surface area contributed by atoms with Gasteiger partial charge in [0.15, 0.2) is 0 Å². The number of aromatic nitrogens is 1. The number of rotatable bonds is 10. The summed E-state index contributed by atoms with van der Waals surface area (Å²) < 4.78 is 5.80. The van der Waals surface area contributed by atoms with Crippen molar-refractivity contribution in [2.24, 2.45) is 0 Å². The molecule has 1 aromatic heterocycles. The van der Waals surface area contributed by atoms with Gasteiger partial charge in [0.1, 0.15) is 17.1 Å². The Hall–Kier alpha value is -4.00. The molecule has 6 heteroatoms. The molecule has 3 aromatic carbocycles. The van der Waals surface area contributed by atoms with Crippen LogP contribution in [-0.2, 0) is 6.42 Å². The van der Waals surface area contributed by atoms with Gasteiger partial charge >= 0.3 is 5.97 Å². The highest BCUT2D eigenvalue weighted by Crippen LogP contribution is 2.31. The molecule has 4 aromatic rings. The molecule has 6 nitrogen and oxygen atoms in total. The zero-order valence-electron chi connectivity index (χ0n) is 18.6. The molecule has 34 heavy (non-hydrogen) atoms. The normalized spacial score (nSPS) is 11.7. The first-order chi connectivity index (χ1) is 16.6. The maximum atomic E-state index is 11.6. The molecule has 1 atom stereocenters. The van der Waals surface area contributed by atoms with Crippen molar-refractivity contribution in [3.05, 3.63) is 114 Å². The Kier molecular flexibility index (Phi) is 7.65. The fourth-order valence-corrected chi connectivity index (χ4v) is 3.63. The van der Waals surface area contributed by atoms with Gasteiger partial charge in [0.2, 0.25) is 0 Å². The average Bonchev–Trinajstić information content (AvgIpc) is 2.88. The van der Waals surface area contributed by atoms with Gasteiger partial charge in [-0.1, -0.05) is 60.7 Å². The molecule has 172 valence electrons. The van der Waals surface area contributed by atoms with Crippen LogP contribution in [0.2, 0.25) is 0 Å². The standard InChI is InChI=1S/C28H26N2O4/c31-26(22-5-2-1-3-6-22)19-30-16-14-20-8-10-21(11-9-20)23-12-13-25(28(32)33)27(17-23)34-24-7-4-15-29-18-24/h1-13,15,17-18,26,30-31H,14,16,19H2,(H,32,33)/t26-/m1/s1. The van der Waals surface area contributed by atoms with Crippen molar-refractivity contribution >= 4 is 5.97 Å². The van der Waals surface area contributed by atoms with Crippen LogP contribution in [0.25, 0.3) is 11.1 Å². The number of carbonyl (C=O) groups is 1. The van der Waals surface area contributed by atoms with Gasteiger partial charge in [-0.05, 0) is 59.5 Å². The number of nitrogens with zero attached hydrogens (tertiary/aromatic N) is 1. The number of pyridine rings is 1. The van der Waals surface area contributed by atoms with Crippen LogP contribution in [0.1, 0.15) is 27.6 Å². The molecule has 0 amide bonds. The fourth-order valence-electron chi connectivity index (χ4n) is 3.63. The van der Waals surface area contributed by atoms with E-state index in [4.69, 9.17) is 4.74 Å². The van der Waals surface area contributed by atoms with Crippen LogP contribution in [0.3, 0.4) is 0 Å². The number of ether oxygens (including phenoxy) is 1. The van der Waals surface area contributed by atoms with Crippen LogP contribution >= 0.6 is 0 Å². The molecular weight excluding hydrogens is 428 g/mol. The van der Waals surface area contributed by atoms with Gasteiger partial charge in [-0.2, -0.15) is 0 Å². The van der Waals surface area contributed by atoms with E-state index in [1.54, 1.807) is 42.7 Å². The quantitative estimate of drug-likeness (QED) is 0.289. The van der Waals surface area contributed by atoms with Crippen molar-refractivity contribution in [3.8, 4) is 22.6 Å². The average molecular weight is 455 g/mol. The molecule has 0 unspecified atom stereocenters. The van der Waals surface area contributed by atoms with E-state index in [9.17, 15) is 15.0 Å². The minimum atomic E-state index is -1.05. The molecule has 1 heterocycles. The Balaban J connectivity index is 1.38. The molecule has 4 rings (SSSR count).